The molecule has 1 aromatic carbocycles. The van der Waals surface area contributed by atoms with Gasteiger partial charge < -0.3 is 15.2 Å². The SMILES string of the molecule is CNCC(O)c1c(F)c(F)cc(Br)c1OC. The summed E-state index contributed by atoms with van der Waals surface area (Å²) in [4.78, 5) is 0. The van der Waals surface area contributed by atoms with E-state index in [1.54, 1.807) is 7.05 Å². The predicted molar refractivity (Wildman–Crippen MR) is 59.5 cm³/mol. The van der Waals surface area contributed by atoms with Gasteiger partial charge in [0.15, 0.2) is 11.6 Å². The minimum atomic E-state index is -1.17. The van der Waals surface area contributed by atoms with E-state index < -0.39 is 17.7 Å². The molecule has 16 heavy (non-hydrogen) atoms. The normalized spacial score (nSPS) is 12.6. The molecule has 0 saturated heterocycles. The molecule has 1 aromatic rings. The summed E-state index contributed by atoms with van der Waals surface area (Å²) in [7, 11) is 2.93. The standard InChI is InChI=1S/C10H12BrF2NO2/c1-14-4-7(15)8-9(13)6(12)3-5(11)10(8)16-2/h3,7,14-15H,4H2,1-2H3. The molecule has 0 aliphatic rings. The molecule has 0 amide bonds. The van der Waals surface area contributed by atoms with Gasteiger partial charge in [-0.15, -0.1) is 0 Å². The van der Waals surface area contributed by atoms with Gasteiger partial charge in [0, 0.05) is 6.54 Å². The number of hydrogen-bond donors (Lipinski definition) is 2. The Labute approximate surface area is 101 Å². The number of aliphatic hydroxyl groups is 1. The third kappa shape index (κ3) is 2.50. The molecule has 0 fully saturated rings. The number of halogens is 3. The molecule has 0 heterocycles. The second-order valence-electron chi connectivity index (χ2n) is 3.17. The van der Waals surface area contributed by atoms with E-state index in [1.807, 2.05) is 0 Å². The molecule has 0 aromatic heterocycles. The van der Waals surface area contributed by atoms with Crippen molar-refractivity contribution in [1.29, 1.82) is 0 Å². The molecule has 1 unspecified atom stereocenters. The molecule has 0 spiro atoms. The first-order valence-electron chi connectivity index (χ1n) is 4.57. The maximum Gasteiger partial charge on any atom is 0.168 e. The summed E-state index contributed by atoms with van der Waals surface area (Å²) in [6.45, 7) is 0.100. The highest BCUT2D eigenvalue weighted by Crippen LogP contribution is 2.36. The Hall–Kier alpha value is -0.720. The monoisotopic (exact) mass is 295 g/mol. The maximum atomic E-state index is 13.5. The molecule has 0 aliphatic carbocycles. The van der Waals surface area contributed by atoms with Crippen molar-refractivity contribution >= 4 is 15.9 Å². The second kappa shape index (κ2) is 5.56. The zero-order chi connectivity index (χ0) is 12.3. The fourth-order valence-corrected chi connectivity index (χ4v) is 1.97. The molecule has 0 radical (unpaired) electrons. The van der Waals surface area contributed by atoms with Crippen molar-refractivity contribution in [2.24, 2.45) is 0 Å². The smallest absolute Gasteiger partial charge is 0.168 e. The highest BCUT2D eigenvalue weighted by atomic mass is 79.9. The van der Waals surface area contributed by atoms with Crippen LogP contribution >= 0.6 is 15.9 Å². The minimum Gasteiger partial charge on any atom is -0.495 e. The van der Waals surface area contributed by atoms with E-state index >= 15 is 0 Å². The number of likely N-dealkylation sites (N-methyl/N-ethyl adjacent to an activating group) is 1. The summed E-state index contributed by atoms with van der Waals surface area (Å²) >= 11 is 3.05. The van der Waals surface area contributed by atoms with E-state index in [9.17, 15) is 13.9 Å². The molecule has 6 heteroatoms. The van der Waals surface area contributed by atoms with Crippen molar-refractivity contribution in [1.82, 2.24) is 5.32 Å². The van der Waals surface area contributed by atoms with Crippen LogP contribution in [0.1, 0.15) is 11.7 Å². The molecule has 1 rings (SSSR count). The van der Waals surface area contributed by atoms with Gasteiger partial charge in [0.05, 0.1) is 23.2 Å². The lowest BCUT2D eigenvalue weighted by Crippen LogP contribution is -2.19. The fraction of sp³-hybridized carbons (Fsp3) is 0.400. The summed E-state index contributed by atoms with van der Waals surface area (Å²) in [5.74, 6) is -2.03. The number of ether oxygens (including phenoxy) is 1. The number of aliphatic hydroxyl groups excluding tert-OH is 1. The van der Waals surface area contributed by atoms with Crippen LogP contribution in [-0.4, -0.2) is 25.8 Å². The van der Waals surface area contributed by atoms with Gasteiger partial charge in [-0.25, -0.2) is 8.78 Å². The number of benzene rings is 1. The Kier molecular flexibility index (Phi) is 4.64. The highest BCUT2D eigenvalue weighted by Gasteiger charge is 2.23. The Balaban J connectivity index is 3.32. The van der Waals surface area contributed by atoms with Crippen LogP contribution in [0.25, 0.3) is 0 Å². The van der Waals surface area contributed by atoms with Crippen LogP contribution in [-0.2, 0) is 0 Å². The first-order chi connectivity index (χ1) is 7.52. The summed E-state index contributed by atoms with van der Waals surface area (Å²) in [6, 6.07) is 0.962. The predicted octanol–water partition coefficient (Wildman–Crippen LogP) is 1.99. The fourth-order valence-electron chi connectivity index (χ4n) is 1.40. The Morgan fingerprint density at radius 3 is 2.69 bits per heavy atom. The van der Waals surface area contributed by atoms with Crippen molar-refractivity contribution in [2.45, 2.75) is 6.10 Å². The first-order valence-corrected chi connectivity index (χ1v) is 5.36. The largest absolute Gasteiger partial charge is 0.495 e. The Morgan fingerprint density at radius 1 is 1.56 bits per heavy atom. The van der Waals surface area contributed by atoms with Gasteiger partial charge in [0.25, 0.3) is 0 Å². The molecule has 0 saturated carbocycles. The van der Waals surface area contributed by atoms with Crippen LogP contribution in [0.15, 0.2) is 10.5 Å². The van der Waals surface area contributed by atoms with Crippen LogP contribution in [0.2, 0.25) is 0 Å². The van der Waals surface area contributed by atoms with Crippen molar-refractivity contribution in [2.75, 3.05) is 20.7 Å². The maximum absolute atomic E-state index is 13.5. The molecule has 1 atom stereocenters. The summed E-state index contributed by atoms with van der Waals surface area (Å²) in [6.07, 6.45) is -1.17. The topological polar surface area (TPSA) is 41.5 Å². The lowest BCUT2D eigenvalue weighted by Gasteiger charge is -2.17. The van der Waals surface area contributed by atoms with E-state index in [1.165, 1.54) is 7.11 Å². The molecule has 2 N–H and O–H groups in total. The summed E-state index contributed by atoms with van der Waals surface area (Å²) < 4.78 is 31.9. The number of hydrogen-bond acceptors (Lipinski definition) is 3. The lowest BCUT2D eigenvalue weighted by molar-refractivity contribution is 0.167. The van der Waals surface area contributed by atoms with Gasteiger partial charge in [0.2, 0.25) is 0 Å². The Morgan fingerprint density at radius 2 is 2.19 bits per heavy atom. The van der Waals surface area contributed by atoms with Crippen LogP contribution in [0.3, 0.4) is 0 Å². The minimum absolute atomic E-state index is 0.0988. The van der Waals surface area contributed by atoms with Crippen molar-refractivity contribution in [3.05, 3.63) is 27.7 Å². The van der Waals surface area contributed by atoms with Crippen LogP contribution in [0, 0.1) is 11.6 Å². The zero-order valence-corrected chi connectivity index (χ0v) is 10.4. The second-order valence-corrected chi connectivity index (χ2v) is 4.03. The molecule has 0 bridgehead atoms. The van der Waals surface area contributed by atoms with Crippen LogP contribution in [0.4, 0.5) is 8.78 Å². The van der Waals surface area contributed by atoms with Crippen LogP contribution in [0.5, 0.6) is 5.75 Å². The van der Waals surface area contributed by atoms with Crippen molar-refractivity contribution < 1.29 is 18.6 Å². The molecule has 90 valence electrons. The molecule has 0 aliphatic heterocycles. The number of rotatable bonds is 4. The third-order valence-corrected chi connectivity index (χ3v) is 2.68. The quantitative estimate of drug-likeness (QED) is 0.835. The number of methoxy groups -OCH3 is 1. The summed E-state index contributed by atoms with van der Waals surface area (Å²) in [5, 5.41) is 12.4. The molecular weight excluding hydrogens is 284 g/mol. The molecular formula is C10H12BrF2NO2. The van der Waals surface area contributed by atoms with Crippen molar-refractivity contribution in [3.8, 4) is 5.75 Å². The van der Waals surface area contributed by atoms with Crippen molar-refractivity contribution in [3.63, 3.8) is 0 Å². The first kappa shape index (κ1) is 13.3. The van der Waals surface area contributed by atoms with Gasteiger partial charge >= 0.3 is 0 Å². The van der Waals surface area contributed by atoms with Gasteiger partial charge in [-0.05, 0) is 29.0 Å². The van der Waals surface area contributed by atoms with E-state index in [-0.39, 0.29) is 22.3 Å². The Bertz CT molecular complexity index is 388. The van der Waals surface area contributed by atoms with E-state index in [2.05, 4.69) is 21.2 Å². The van der Waals surface area contributed by atoms with Gasteiger partial charge in [-0.1, -0.05) is 0 Å². The van der Waals surface area contributed by atoms with Gasteiger partial charge in [-0.3, -0.25) is 0 Å². The van der Waals surface area contributed by atoms with Gasteiger partial charge in [-0.2, -0.15) is 0 Å². The third-order valence-electron chi connectivity index (χ3n) is 2.10. The summed E-state index contributed by atoms with van der Waals surface area (Å²) in [5.41, 5.74) is -0.191. The van der Waals surface area contributed by atoms with E-state index in [4.69, 9.17) is 4.74 Å². The molecule has 3 nitrogen and oxygen atoms in total. The van der Waals surface area contributed by atoms with E-state index in [0.29, 0.717) is 0 Å². The highest BCUT2D eigenvalue weighted by molar-refractivity contribution is 9.10. The lowest BCUT2D eigenvalue weighted by atomic mass is 10.1. The van der Waals surface area contributed by atoms with Crippen LogP contribution < -0.4 is 10.1 Å². The average molecular weight is 296 g/mol. The average Bonchev–Trinajstić information content (AvgIpc) is 2.23. The van der Waals surface area contributed by atoms with E-state index in [0.717, 1.165) is 6.07 Å². The number of nitrogens with one attached hydrogen (secondary N) is 1. The zero-order valence-electron chi connectivity index (χ0n) is 8.85. The van der Waals surface area contributed by atoms with Gasteiger partial charge in [0.1, 0.15) is 5.75 Å².